The number of aromatic nitrogens is 1. The number of hydrogen-bond donors (Lipinski definition) is 1. The standard InChI is InChI=1S/C33H35N5O6/c1-43-26-11-10-23-29(30(26)44-2)33(42)38-25-7-4-3-6-22(25)32(41)36(31(23)38)14-12-27(39)34-13-15-35-17-20-16-21(19-35)24-8-5-9-28(40)37(24)18-20/h3-11,20-21,31H,12-19H2,1-2H3,(H,34,39)/t20-,21+,31?/m1/s1. The van der Waals surface area contributed by atoms with Gasteiger partial charge in [0.1, 0.15) is 6.17 Å². The molecule has 11 nitrogen and oxygen atoms in total. The summed E-state index contributed by atoms with van der Waals surface area (Å²) < 4.78 is 12.9. The molecule has 1 unspecified atom stereocenters. The van der Waals surface area contributed by atoms with E-state index in [1.807, 2.05) is 10.6 Å². The minimum Gasteiger partial charge on any atom is -0.493 e. The molecule has 0 spiro atoms. The predicted octanol–water partition coefficient (Wildman–Crippen LogP) is 2.61. The highest BCUT2D eigenvalue weighted by Gasteiger charge is 2.49. The van der Waals surface area contributed by atoms with Crippen LogP contribution < -0.4 is 25.2 Å². The number of nitrogens with zero attached hydrogens (tertiary/aromatic N) is 4. The summed E-state index contributed by atoms with van der Waals surface area (Å²) in [4.78, 5) is 58.5. The zero-order valence-corrected chi connectivity index (χ0v) is 24.8. The summed E-state index contributed by atoms with van der Waals surface area (Å²) in [5.74, 6) is 0.819. The van der Waals surface area contributed by atoms with Crippen molar-refractivity contribution in [1.29, 1.82) is 0 Å². The summed E-state index contributed by atoms with van der Waals surface area (Å²) in [6, 6.07) is 16.1. The van der Waals surface area contributed by atoms with E-state index in [1.165, 1.54) is 14.2 Å². The maximum Gasteiger partial charge on any atom is 0.264 e. The van der Waals surface area contributed by atoms with Crippen LogP contribution in [-0.4, -0.2) is 79.0 Å². The number of para-hydroxylation sites is 1. The first-order valence-electron chi connectivity index (χ1n) is 15.1. The van der Waals surface area contributed by atoms with Gasteiger partial charge in [-0.1, -0.05) is 24.3 Å². The van der Waals surface area contributed by atoms with Gasteiger partial charge in [-0.25, -0.2) is 0 Å². The van der Waals surface area contributed by atoms with Crippen molar-refractivity contribution in [2.75, 3.05) is 51.8 Å². The number of pyridine rings is 1. The fourth-order valence-corrected chi connectivity index (χ4v) is 7.49. The van der Waals surface area contributed by atoms with Crippen LogP contribution in [0.1, 0.15) is 56.9 Å². The maximum absolute atomic E-state index is 13.8. The molecule has 0 saturated carbocycles. The molecule has 228 valence electrons. The summed E-state index contributed by atoms with van der Waals surface area (Å²) in [6.45, 7) is 3.84. The highest BCUT2D eigenvalue weighted by atomic mass is 16.5. The van der Waals surface area contributed by atoms with Crippen LogP contribution in [0, 0.1) is 5.92 Å². The lowest BCUT2D eigenvalue weighted by Gasteiger charge is -2.42. The van der Waals surface area contributed by atoms with Gasteiger partial charge in [-0.05, 0) is 36.6 Å². The van der Waals surface area contributed by atoms with Gasteiger partial charge in [0.25, 0.3) is 17.4 Å². The van der Waals surface area contributed by atoms with Crippen LogP contribution >= 0.6 is 0 Å². The van der Waals surface area contributed by atoms with Crippen LogP contribution in [0.4, 0.5) is 5.69 Å². The first-order valence-corrected chi connectivity index (χ1v) is 15.1. The number of nitrogens with one attached hydrogen (secondary N) is 1. The van der Waals surface area contributed by atoms with E-state index in [9.17, 15) is 19.2 Å². The molecule has 2 aromatic carbocycles. The lowest BCUT2D eigenvalue weighted by molar-refractivity contribution is -0.121. The van der Waals surface area contributed by atoms with E-state index in [4.69, 9.17) is 9.47 Å². The second kappa shape index (κ2) is 11.1. The van der Waals surface area contributed by atoms with Crippen molar-refractivity contribution in [3.05, 3.63) is 87.3 Å². The Morgan fingerprint density at radius 3 is 2.57 bits per heavy atom. The molecule has 2 bridgehead atoms. The van der Waals surface area contributed by atoms with Gasteiger partial charge in [0.2, 0.25) is 5.91 Å². The summed E-state index contributed by atoms with van der Waals surface area (Å²) >= 11 is 0. The fourth-order valence-electron chi connectivity index (χ4n) is 7.49. The van der Waals surface area contributed by atoms with Crippen molar-refractivity contribution in [2.24, 2.45) is 5.92 Å². The van der Waals surface area contributed by atoms with Gasteiger partial charge < -0.3 is 29.2 Å². The summed E-state index contributed by atoms with van der Waals surface area (Å²) in [5.41, 5.74) is 3.11. The summed E-state index contributed by atoms with van der Waals surface area (Å²) in [5, 5.41) is 3.03. The lowest BCUT2D eigenvalue weighted by atomic mass is 9.83. The normalized spacial score (nSPS) is 21.7. The number of ether oxygens (including phenoxy) is 2. The van der Waals surface area contributed by atoms with Gasteiger partial charge in [-0.2, -0.15) is 0 Å². The molecule has 7 rings (SSSR count). The van der Waals surface area contributed by atoms with Crippen LogP contribution in [0.15, 0.2) is 59.4 Å². The van der Waals surface area contributed by atoms with Gasteiger partial charge in [0, 0.05) is 68.9 Å². The molecular formula is C33H35N5O6. The molecule has 0 radical (unpaired) electrons. The van der Waals surface area contributed by atoms with E-state index in [0.29, 0.717) is 58.8 Å². The molecule has 1 aromatic heterocycles. The number of carbonyl (C=O) groups is 3. The second-order valence-corrected chi connectivity index (χ2v) is 11.9. The van der Waals surface area contributed by atoms with E-state index >= 15 is 0 Å². The Hall–Kier alpha value is -4.64. The fraction of sp³-hybridized carbons (Fsp3) is 0.394. The van der Waals surface area contributed by atoms with Gasteiger partial charge in [0.05, 0.1) is 31.0 Å². The number of methoxy groups -OCH3 is 2. The molecule has 3 aromatic rings. The van der Waals surface area contributed by atoms with Crippen molar-refractivity contribution in [3.63, 3.8) is 0 Å². The molecule has 1 saturated heterocycles. The molecule has 1 fully saturated rings. The SMILES string of the molecule is COc1ccc2c(c1OC)C(=O)N1c3ccccc3C(=O)N(CCC(=O)NCCN3C[C@H]4C[C@@H](C3)c3cccc(=O)n3C4)C21. The minimum absolute atomic E-state index is 0.0704. The van der Waals surface area contributed by atoms with E-state index in [2.05, 4.69) is 16.3 Å². The average Bonchev–Trinajstić information content (AvgIpc) is 3.33. The van der Waals surface area contributed by atoms with Crippen LogP contribution in [0.2, 0.25) is 0 Å². The number of likely N-dealkylation sites (tertiary alicyclic amines) is 1. The highest BCUT2D eigenvalue weighted by Crippen LogP contribution is 2.49. The Labute approximate surface area is 254 Å². The molecule has 4 aliphatic heterocycles. The van der Waals surface area contributed by atoms with Crippen LogP contribution in [0.3, 0.4) is 0 Å². The molecule has 11 heteroatoms. The quantitative estimate of drug-likeness (QED) is 0.425. The predicted molar refractivity (Wildman–Crippen MR) is 162 cm³/mol. The first-order chi connectivity index (χ1) is 21.4. The van der Waals surface area contributed by atoms with Crippen molar-refractivity contribution in [1.82, 2.24) is 19.7 Å². The molecular weight excluding hydrogens is 562 g/mol. The topological polar surface area (TPSA) is 113 Å². The van der Waals surface area contributed by atoms with Crippen molar-refractivity contribution >= 4 is 23.4 Å². The molecule has 1 N–H and O–H groups in total. The zero-order chi connectivity index (χ0) is 30.5. The number of hydrogen-bond acceptors (Lipinski definition) is 7. The second-order valence-electron chi connectivity index (χ2n) is 11.9. The number of rotatable bonds is 8. The van der Waals surface area contributed by atoms with Crippen LogP contribution in [0.5, 0.6) is 11.5 Å². The van der Waals surface area contributed by atoms with Crippen molar-refractivity contribution in [2.45, 2.75) is 31.5 Å². The molecule has 4 aliphatic rings. The number of carbonyl (C=O) groups excluding carboxylic acids is 3. The Kier molecular flexibility index (Phi) is 7.12. The van der Waals surface area contributed by atoms with Gasteiger partial charge in [0.15, 0.2) is 11.5 Å². The summed E-state index contributed by atoms with van der Waals surface area (Å²) in [6.07, 6.45) is 0.480. The molecule has 5 heterocycles. The third-order valence-electron chi connectivity index (χ3n) is 9.37. The van der Waals surface area contributed by atoms with E-state index in [-0.39, 0.29) is 36.2 Å². The van der Waals surface area contributed by atoms with Crippen molar-refractivity contribution in [3.8, 4) is 11.5 Å². The van der Waals surface area contributed by atoms with Gasteiger partial charge in [-0.3, -0.25) is 24.1 Å². The Morgan fingerprint density at radius 1 is 0.909 bits per heavy atom. The Morgan fingerprint density at radius 2 is 1.75 bits per heavy atom. The van der Waals surface area contributed by atoms with Gasteiger partial charge >= 0.3 is 0 Å². The number of anilines is 1. The molecule has 0 aliphatic carbocycles. The van der Waals surface area contributed by atoms with Crippen molar-refractivity contribution < 1.29 is 23.9 Å². The monoisotopic (exact) mass is 597 g/mol. The highest BCUT2D eigenvalue weighted by molar-refractivity contribution is 6.18. The number of benzene rings is 2. The number of fused-ring (bicyclic) bond motifs is 9. The van der Waals surface area contributed by atoms with Gasteiger partial charge in [-0.15, -0.1) is 0 Å². The third-order valence-corrected chi connectivity index (χ3v) is 9.37. The van der Waals surface area contributed by atoms with E-state index < -0.39 is 6.17 Å². The Bertz CT molecular complexity index is 1720. The zero-order valence-electron chi connectivity index (χ0n) is 24.8. The molecule has 3 amide bonds. The number of piperidine rings is 1. The summed E-state index contributed by atoms with van der Waals surface area (Å²) in [7, 11) is 3.00. The smallest absolute Gasteiger partial charge is 0.264 e. The largest absolute Gasteiger partial charge is 0.493 e. The lowest BCUT2D eigenvalue weighted by Crippen LogP contribution is -2.50. The van der Waals surface area contributed by atoms with Crippen LogP contribution in [0.25, 0.3) is 0 Å². The third kappa shape index (κ3) is 4.54. The first kappa shape index (κ1) is 28.1. The Balaban J connectivity index is 1.03. The minimum atomic E-state index is -0.698. The molecule has 3 atom stereocenters. The average molecular weight is 598 g/mol. The maximum atomic E-state index is 13.8. The van der Waals surface area contributed by atoms with E-state index in [0.717, 1.165) is 31.7 Å². The van der Waals surface area contributed by atoms with Crippen LogP contribution in [-0.2, 0) is 11.3 Å². The van der Waals surface area contributed by atoms with E-state index in [1.54, 1.807) is 52.3 Å². The molecule has 44 heavy (non-hydrogen) atoms. The number of amides is 3.